The number of anilines is 1. The number of nitrogens with zero attached hydrogens (tertiary/aromatic N) is 4. The molecule has 1 fully saturated rings. The fraction of sp³-hybridized carbons (Fsp3) is 0.391. The predicted octanol–water partition coefficient (Wildman–Crippen LogP) is 3.04. The molecule has 3 aromatic rings. The third-order valence-corrected chi connectivity index (χ3v) is 5.96. The summed E-state index contributed by atoms with van der Waals surface area (Å²) in [6.45, 7) is 5.13. The quantitative estimate of drug-likeness (QED) is 0.584. The number of likely N-dealkylation sites (N-methyl/N-ethyl adjacent to an activating group) is 1. The maximum Gasteiger partial charge on any atom is 0.420 e. The van der Waals surface area contributed by atoms with Crippen LogP contribution in [0, 0.1) is 11.6 Å². The van der Waals surface area contributed by atoms with Gasteiger partial charge in [-0.3, -0.25) is 9.47 Å². The average Bonchev–Trinajstić information content (AvgIpc) is 3.07. The van der Waals surface area contributed by atoms with Crippen LogP contribution in [0.25, 0.3) is 11.1 Å². The van der Waals surface area contributed by atoms with Crippen molar-refractivity contribution in [3.05, 3.63) is 64.1 Å². The highest BCUT2D eigenvalue weighted by atomic mass is 19.2. The van der Waals surface area contributed by atoms with Crippen LogP contribution >= 0.6 is 0 Å². The fourth-order valence-electron chi connectivity index (χ4n) is 4.07. The first kappa shape index (κ1) is 22.9. The minimum Gasteiger partial charge on any atom is -0.465 e. The second kappa shape index (κ2) is 9.72. The van der Waals surface area contributed by atoms with Gasteiger partial charge < -0.3 is 19.3 Å². The van der Waals surface area contributed by atoms with Gasteiger partial charge in [0.2, 0.25) is 0 Å². The highest BCUT2D eigenvalue weighted by Gasteiger charge is 2.18. The molecule has 33 heavy (non-hydrogen) atoms. The molecule has 4 rings (SSSR count). The summed E-state index contributed by atoms with van der Waals surface area (Å²) < 4.78 is 33.4. The van der Waals surface area contributed by atoms with Crippen molar-refractivity contribution in [1.29, 1.82) is 0 Å². The summed E-state index contributed by atoms with van der Waals surface area (Å²) in [5, 5.41) is 9.75. The van der Waals surface area contributed by atoms with Crippen molar-refractivity contribution in [3.63, 3.8) is 0 Å². The van der Waals surface area contributed by atoms with E-state index in [1.54, 1.807) is 24.3 Å². The van der Waals surface area contributed by atoms with E-state index in [1.165, 1.54) is 9.47 Å². The van der Waals surface area contributed by atoms with Gasteiger partial charge in [-0.25, -0.2) is 18.4 Å². The third kappa shape index (κ3) is 5.23. The number of oxazole rings is 1. The number of carbonyl (C=O) groups is 1. The lowest BCUT2D eigenvalue weighted by Crippen LogP contribution is -2.45. The molecule has 1 aliphatic heterocycles. The lowest BCUT2D eigenvalue weighted by atomic mass is 10.1. The molecule has 0 radical (unpaired) electrons. The molecule has 10 heteroatoms. The first-order valence-corrected chi connectivity index (χ1v) is 10.8. The summed E-state index contributed by atoms with van der Waals surface area (Å²) >= 11 is 0. The van der Waals surface area contributed by atoms with Gasteiger partial charge in [-0.05, 0) is 37.7 Å². The molecule has 2 heterocycles. The van der Waals surface area contributed by atoms with E-state index in [0.29, 0.717) is 24.2 Å². The summed E-state index contributed by atoms with van der Waals surface area (Å²) in [6.07, 6.45) is -0.370. The van der Waals surface area contributed by atoms with Crippen LogP contribution in [-0.4, -0.2) is 71.9 Å². The van der Waals surface area contributed by atoms with Crippen LogP contribution in [0.1, 0.15) is 12.0 Å². The molecule has 0 aliphatic carbocycles. The monoisotopic (exact) mass is 460 g/mol. The molecule has 8 nitrogen and oxygen atoms in total. The summed E-state index contributed by atoms with van der Waals surface area (Å²) in [7, 11) is 2.09. The van der Waals surface area contributed by atoms with E-state index in [0.717, 1.165) is 44.9 Å². The van der Waals surface area contributed by atoms with Crippen molar-refractivity contribution >= 4 is 22.9 Å². The molecule has 1 aromatic heterocycles. The van der Waals surface area contributed by atoms with E-state index in [1.807, 2.05) is 0 Å². The molecule has 1 aliphatic rings. The van der Waals surface area contributed by atoms with Gasteiger partial charge in [0.15, 0.2) is 17.2 Å². The van der Waals surface area contributed by atoms with Crippen LogP contribution in [0.15, 0.2) is 45.6 Å². The van der Waals surface area contributed by atoms with Crippen LogP contribution in [0.3, 0.4) is 0 Å². The van der Waals surface area contributed by atoms with Crippen molar-refractivity contribution in [2.24, 2.45) is 0 Å². The SMILES string of the molecule is CN1CCN(CCCN(C(=O)O)c2cccc(Cn3c(=O)oc4cc(F)c(F)cc43)c2)CC1. The Kier molecular flexibility index (Phi) is 6.75. The molecule has 0 atom stereocenters. The second-order valence-corrected chi connectivity index (χ2v) is 8.29. The maximum absolute atomic E-state index is 13.7. The number of piperazine rings is 1. The van der Waals surface area contributed by atoms with E-state index in [4.69, 9.17) is 4.42 Å². The number of benzene rings is 2. The van der Waals surface area contributed by atoms with Gasteiger partial charge in [0.25, 0.3) is 0 Å². The molecule has 0 spiro atoms. The number of rotatable bonds is 7. The second-order valence-electron chi connectivity index (χ2n) is 8.29. The smallest absolute Gasteiger partial charge is 0.420 e. The zero-order valence-corrected chi connectivity index (χ0v) is 18.3. The van der Waals surface area contributed by atoms with Gasteiger partial charge in [-0.15, -0.1) is 0 Å². The van der Waals surface area contributed by atoms with Crippen molar-refractivity contribution in [2.75, 3.05) is 51.2 Å². The number of carboxylic acid groups (broad SMARTS) is 1. The molecule has 2 aromatic carbocycles. The zero-order chi connectivity index (χ0) is 23.5. The van der Waals surface area contributed by atoms with E-state index in [2.05, 4.69) is 16.8 Å². The first-order chi connectivity index (χ1) is 15.8. The lowest BCUT2D eigenvalue weighted by molar-refractivity contribution is 0.153. The molecule has 0 saturated carbocycles. The molecule has 176 valence electrons. The summed E-state index contributed by atoms with van der Waals surface area (Å²) in [5.74, 6) is -2.93. The van der Waals surface area contributed by atoms with Crippen molar-refractivity contribution < 1.29 is 23.1 Å². The number of hydrogen-bond donors (Lipinski definition) is 1. The van der Waals surface area contributed by atoms with E-state index in [-0.39, 0.29) is 17.6 Å². The Morgan fingerprint density at radius 3 is 2.58 bits per heavy atom. The summed E-state index contributed by atoms with van der Waals surface area (Å²) in [6, 6.07) is 8.56. The standard InChI is InChI=1S/C23H26F2N4O4/c1-26-8-10-27(11-9-26)6-3-7-28(22(30)31)17-5-2-4-16(12-17)15-29-20-13-18(24)19(25)14-21(20)33-23(29)32/h2,4-5,12-14H,3,6-11,15H2,1H3,(H,30,31). The highest BCUT2D eigenvalue weighted by Crippen LogP contribution is 2.21. The summed E-state index contributed by atoms with van der Waals surface area (Å²) in [4.78, 5) is 30.0. The van der Waals surface area contributed by atoms with Crippen molar-refractivity contribution in [1.82, 2.24) is 14.4 Å². The van der Waals surface area contributed by atoms with Crippen LogP contribution in [-0.2, 0) is 6.54 Å². The van der Waals surface area contributed by atoms with Crippen LogP contribution in [0.5, 0.6) is 0 Å². The van der Waals surface area contributed by atoms with Gasteiger partial charge in [0.1, 0.15) is 0 Å². The molecule has 0 bridgehead atoms. The minimum atomic E-state index is -1.10. The number of halogens is 2. The molecule has 0 unspecified atom stereocenters. The number of aromatic nitrogens is 1. The number of fused-ring (bicyclic) bond motifs is 1. The van der Waals surface area contributed by atoms with Gasteiger partial charge in [0.05, 0.1) is 12.1 Å². The van der Waals surface area contributed by atoms with Gasteiger partial charge >= 0.3 is 11.8 Å². The Morgan fingerprint density at radius 1 is 1.12 bits per heavy atom. The predicted molar refractivity (Wildman–Crippen MR) is 120 cm³/mol. The Bertz CT molecular complexity index is 1200. The third-order valence-electron chi connectivity index (χ3n) is 5.96. The van der Waals surface area contributed by atoms with E-state index in [9.17, 15) is 23.5 Å². The largest absolute Gasteiger partial charge is 0.465 e. The highest BCUT2D eigenvalue weighted by molar-refractivity contribution is 5.86. The Labute approximate surface area is 189 Å². The number of hydrogen-bond acceptors (Lipinski definition) is 5. The topological polar surface area (TPSA) is 82.2 Å². The van der Waals surface area contributed by atoms with Gasteiger partial charge in [-0.1, -0.05) is 12.1 Å². The first-order valence-electron chi connectivity index (χ1n) is 10.8. The molecular weight excluding hydrogens is 434 g/mol. The minimum absolute atomic E-state index is 0.0273. The normalized spacial score (nSPS) is 15.2. The van der Waals surface area contributed by atoms with Gasteiger partial charge in [0, 0.05) is 50.5 Å². The van der Waals surface area contributed by atoms with Crippen LogP contribution < -0.4 is 10.7 Å². The molecular formula is C23H26F2N4O4. The zero-order valence-electron chi connectivity index (χ0n) is 18.3. The Hall–Kier alpha value is -3.24. The Balaban J connectivity index is 1.48. The fourth-order valence-corrected chi connectivity index (χ4v) is 4.07. The number of amides is 1. The van der Waals surface area contributed by atoms with Gasteiger partial charge in [-0.2, -0.15) is 0 Å². The van der Waals surface area contributed by atoms with Crippen molar-refractivity contribution in [3.8, 4) is 0 Å². The molecule has 1 saturated heterocycles. The van der Waals surface area contributed by atoms with E-state index >= 15 is 0 Å². The van der Waals surface area contributed by atoms with Crippen molar-refractivity contribution in [2.45, 2.75) is 13.0 Å². The van der Waals surface area contributed by atoms with Crippen LogP contribution in [0.4, 0.5) is 19.3 Å². The molecule has 1 N–H and O–H groups in total. The van der Waals surface area contributed by atoms with Crippen LogP contribution in [0.2, 0.25) is 0 Å². The summed E-state index contributed by atoms with van der Waals surface area (Å²) in [5.41, 5.74) is 1.20. The molecule has 1 amide bonds. The average molecular weight is 460 g/mol. The van der Waals surface area contributed by atoms with E-state index < -0.39 is 23.5 Å². The Morgan fingerprint density at radius 2 is 1.85 bits per heavy atom. The maximum atomic E-state index is 13.7. The lowest BCUT2D eigenvalue weighted by Gasteiger charge is -2.32.